The summed E-state index contributed by atoms with van der Waals surface area (Å²) in [5, 5.41) is 0. The van der Waals surface area contributed by atoms with Gasteiger partial charge in [-0.05, 0) is 17.2 Å². The molecule has 0 bridgehead atoms. The van der Waals surface area contributed by atoms with Gasteiger partial charge in [0.25, 0.3) is 0 Å². The summed E-state index contributed by atoms with van der Waals surface area (Å²) >= 11 is 0. The van der Waals surface area contributed by atoms with Crippen molar-refractivity contribution in [1.82, 2.24) is 0 Å². The molecule has 0 saturated heterocycles. The molecule has 1 heteroatoms. The van der Waals surface area contributed by atoms with Crippen LogP contribution < -0.4 is 0 Å². The molecule has 2 aromatic rings. The maximum Gasteiger partial charge on any atom is 0.0913 e. The van der Waals surface area contributed by atoms with Crippen molar-refractivity contribution < 1.29 is 4.74 Å². The number of rotatable bonds is 6. The molecule has 0 aromatic heterocycles. The summed E-state index contributed by atoms with van der Waals surface area (Å²) in [7, 11) is 0. The minimum Gasteiger partial charge on any atom is -0.501 e. The molecule has 0 N–H and O–H groups in total. The van der Waals surface area contributed by atoms with Crippen molar-refractivity contribution in [2.45, 2.75) is 19.3 Å². The topological polar surface area (TPSA) is 9.23 Å². The van der Waals surface area contributed by atoms with Gasteiger partial charge in [0.1, 0.15) is 0 Å². The molecule has 0 amide bonds. The van der Waals surface area contributed by atoms with Crippen LogP contribution in [0.15, 0.2) is 73.0 Å². The van der Waals surface area contributed by atoms with E-state index in [2.05, 4.69) is 61.5 Å². The first-order valence-electron chi connectivity index (χ1n) is 6.73. The summed E-state index contributed by atoms with van der Waals surface area (Å²) < 4.78 is 5.55. The van der Waals surface area contributed by atoms with E-state index in [9.17, 15) is 0 Å². The molecule has 0 aliphatic carbocycles. The lowest BCUT2D eigenvalue weighted by Gasteiger charge is -2.06. The fourth-order valence-electron chi connectivity index (χ4n) is 1.93. The van der Waals surface area contributed by atoms with Crippen LogP contribution in [-0.2, 0) is 11.2 Å². The summed E-state index contributed by atoms with van der Waals surface area (Å²) in [6.45, 7) is 2.90. The molecule has 0 spiro atoms. The molecule has 0 fully saturated rings. The van der Waals surface area contributed by atoms with Crippen LogP contribution in [0.4, 0.5) is 0 Å². The number of ether oxygens (including phenoxy) is 1. The fraction of sp³-hybridized carbons (Fsp3) is 0.222. The molecule has 2 rings (SSSR count). The molecular formula is C18H20O. The lowest BCUT2D eigenvalue weighted by Crippen LogP contribution is -1.94. The zero-order chi connectivity index (χ0) is 13.3. The zero-order valence-electron chi connectivity index (χ0n) is 11.3. The van der Waals surface area contributed by atoms with E-state index < -0.39 is 0 Å². The van der Waals surface area contributed by atoms with Crippen molar-refractivity contribution >= 4 is 0 Å². The van der Waals surface area contributed by atoms with Gasteiger partial charge in [-0.3, -0.25) is 0 Å². The average molecular weight is 252 g/mol. The van der Waals surface area contributed by atoms with Gasteiger partial charge in [-0.1, -0.05) is 67.6 Å². The lowest BCUT2D eigenvalue weighted by atomic mass is 10.0. The van der Waals surface area contributed by atoms with E-state index in [0.29, 0.717) is 5.92 Å². The van der Waals surface area contributed by atoms with Crippen LogP contribution in [0, 0.1) is 0 Å². The van der Waals surface area contributed by atoms with Gasteiger partial charge >= 0.3 is 0 Å². The Labute approximate surface area is 115 Å². The Hall–Kier alpha value is -2.02. The van der Waals surface area contributed by atoms with Crippen LogP contribution in [0.5, 0.6) is 0 Å². The molecule has 1 unspecified atom stereocenters. The van der Waals surface area contributed by atoms with Gasteiger partial charge in [-0.2, -0.15) is 0 Å². The number of benzene rings is 2. The van der Waals surface area contributed by atoms with Gasteiger partial charge in [-0.25, -0.2) is 0 Å². The van der Waals surface area contributed by atoms with Crippen molar-refractivity contribution in [1.29, 1.82) is 0 Å². The van der Waals surface area contributed by atoms with Crippen molar-refractivity contribution in [2.24, 2.45) is 0 Å². The van der Waals surface area contributed by atoms with E-state index in [4.69, 9.17) is 4.74 Å². The normalized spacial score (nSPS) is 12.5. The first kappa shape index (κ1) is 13.4. The molecule has 2 aromatic carbocycles. The molecule has 0 aliphatic rings. The highest BCUT2D eigenvalue weighted by atomic mass is 16.5. The second-order valence-electron chi connectivity index (χ2n) is 4.63. The van der Waals surface area contributed by atoms with E-state index in [1.165, 1.54) is 11.1 Å². The second-order valence-corrected chi connectivity index (χ2v) is 4.63. The van der Waals surface area contributed by atoms with E-state index in [1.54, 1.807) is 0 Å². The van der Waals surface area contributed by atoms with Gasteiger partial charge in [0.2, 0.25) is 0 Å². The molecule has 0 saturated carbocycles. The molecular weight excluding hydrogens is 232 g/mol. The average Bonchev–Trinajstić information content (AvgIpc) is 2.49. The third-order valence-electron chi connectivity index (χ3n) is 3.14. The first-order valence-corrected chi connectivity index (χ1v) is 6.73. The highest BCUT2D eigenvalue weighted by Crippen LogP contribution is 2.15. The van der Waals surface area contributed by atoms with Gasteiger partial charge in [0, 0.05) is 12.3 Å². The molecule has 98 valence electrons. The minimum atomic E-state index is 0.387. The maximum atomic E-state index is 5.55. The summed E-state index contributed by atoms with van der Waals surface area (Å²) in [6, 6.07) is 20.8. The predicted molar refractivity (Wildman–Crippen MR) is 80.1 cm³/mol. The van der Waals surface area contributed by atoms with Crippen LogP contribution in [0.1, 0.15) is 24.0 Å². The van der Waals surface area contributed by atoms with E-state index >= 15 is 0 Å². The van der Waals surface area contributed by atoms with Crippen molar-refractivity contribution in [3.05, 3.63) is 84.1 Å². The Morgan fingerprint density at radius 3 is 2.26 bits per heavy atom. The van der Waals surface area contributed by atoms with E-state index in [-0.39, 0.29) is 0 Å². The van der Waals surface area contributed by atoms with Gasteiger partial charge < -0.3 is 4.74 Å². The molecule has 0 radical (unpaired) electrons. The lowest BCUT2D eigenvalue weighted by molar-refractivity contribution is 0.252. The predicted octanol–water partition coefficient (Wildman–Crippen LogP) is 4.56. The van der Waals surface area contributed by atoms with Crippen molar-refractivity contribution in [3.63, 3.8) is 0 Å². The van der Waals surface area contributed by atoms with Crippen LogP contribution in [0.2, 0.25) is 0 Å². The Balaban J connectivity index is 1.72. The number of allylic oxidation sites excluding steroid dienone is 1. The fourth-order valence-corrected chi connectivity index (χ4v) is 1.93. The monoisotopic (exact) mass is 252 g/mol. The Morgan fingerprint density at radius 2 is 1.58 bits per heavy atom. The summed E-state index contributed by atoms with van der Waals surface area (Å²) in [5.41, 5.74) is 2.62. The molecule has 0 aliphatic heterocycles. The van der Waals surface area contributed by atoms with Crippen LogP contribution in [0.3, 0.4) is 0 Å². The standard InChI is InChI=1S/C18H20O/c1-16(18-10-6-3-7-11-18)12-14-19-15-13-17-8-4-2-5-9-17/h2-12,14,16H,13,15H2,1H3. The second kappa shape index (κ2) is 7.42. The molecule has 19 heavy (non-hydrogen) atoms. The van der Waals surface area contributed by atoms with E-state index in [0.717, 1.165) is 13.0 Å². The summed E-state index contributed by atoms with van der Waals surface area (Å²) in [5.74, 6) is 0.387. The van der Waals surface area contributed by atoms with Crippen molar-refractivity contribution in [3.8, 4) is 0 Å². The molecule has 0 heterocycles. The van der Waals surface area contributed by atoms with Gasteiger partial charge in [-0.15, -0.1) is 0 Å². The van der Waals surface area contributed by atoms with E-state index in [1.807, 2.05) is 18.4 Å². The minimum absolute atomic E-state index is 0.387. The summed E-state index contributed by atoms with van der Waals surface area (Å²) in [4.78, 5) is 0. The quantitative estimate of drug-likeness (QED) is 0.541. The SMILES string of the molecule is CC(C=COCCc1ccccc1)c1ccccc1. The largest absolute Gasteiger partial charge is 0.501 e. The Morgan fingerprint density at radius 1 is 0.947 bits per heavy atom. The smallest absolute Gasteiger partial charge is 0.0913 e. The van der Waals surface area contributed by atoms with Crippen LogP contribution in [-0.4, -0.2) is 6.61 Å². The Kier molecular flexibility index (Phi) is 5.24. The third kappa shape index (κ3) is 4.63. The number of hydrogen-bond acceptors (Lipinski definition) is 1. The zero-order valence-corrected chi connectivity index (χ0v) is 11.3. The van der Waals surface area contributed by atoms with Gasteiger partial charge in [0.05, 0.1) is 12.9 Å². The summed E-state index contributed by atoms with van der Waals surface area (Å²) in [6.07, 6.45) is 4.87. The maximum absolute atomic E-state index is 5.55. The highest BCUT2D eigenvalue weighted by molar-refractivity contribution is 5.22. The Bertz CT molecular complexity index is 488. The van der Waals surface area contributed by atoms with Crippen LogP contribution in [0.25, 0.3) is 0 Å². The third-order valence-corrected chi connectivity index (χ3v) is 3.14. The highest BCUT2D eigenvalue weighted by Gasteiger charge is 1.99. The van der Waals surface area contributed by atoms with Crippen LogP contribution >= 0.6 is 0 Å². The van der Waals surface area contributed by atoms with Gasteiger partial charge in [0.15, 0.2) is 0 Å². The molecule has 1 nitrogen and oxygen atoms in total. The van der Waals surface area contributed by atoms with Crippen molar-refractivity contribution in [2.75, 3.05) is 6.61 Å². The molecule has 1 atom stereocenters. The first-order chi connectivity index (χ1) is 9.36. The number of hydrogen-bond donors (Lipinski definition) is 0.